The summed E-state index contributed by atoms with van der Waals surface area (Å²) in [4.78, 5) is 0. The third kappa shape index (κ3) is 4.26. The van der Waals surface area contributed by atoms with Crippen molar-refractivity contribution in [1.29, 1.82) is 0 Å². The fourth-order valence-corrected chi connectivity index (χ4v) is 4.73. The number of aliphatic hydroxyl groups excluding tert-OH is 2. The highest BCUT2D eigenvalue weighted by Crippen LogP contribution is 2.54. The molecular formula is C20H34O3. The average Bonchev–Trinajstić information content (AvgIpc) is 2.73. The van der Waals surface area contributed by atoms with E-state index in [1.54, 1.807) is 0 Å². The Morgan fingerprint density at radius 1 is 1.26 bits per heavy atom. The maximum absolute atomic E-state index is 10.9. The van der Waals surface area contributed by atoms with Crippen molar-refractivity contribution >= 4 is 0 Å². The first-order valence-corrected chi connectivity index (χ1v) is 8.98. The van der Waals surface area contributed by atoms with E-state index in [2.05, 4.69) is 26.0 Å². The van der Waals surface area contributed by atoms with Gasteiger partial charge in [-0.3, -0.25) is 0 Å². The smallest absolute Gasteiger partial charge is 0.0728 e. The summed E-state index contributed by atoms with van der Waals surface area (Å²) in [6.07, 6.45) is 8.53. The standard InChI is InChI=1S/C20H34O3/c1-13-6-8-20(5)9-7-16(19(3,4)23)18(20)17(22)12-14(2)11-15(21)10-13/h6,8,11,13,15-18,21-23H,7,9-10,12H2,1-5H3/b8-6+,14-11+/t13-,15+,16?,17-,18?,20-/m0/s1. The minimum absolute atomic E-state index is 0.0320. The Morgan fingerprint density at radius 2 is 1.91 bits per heavy atom. The first kappa shape index (κ1) is 18.7. The molecule has 0 amide bonds. The molecule has 23 heavy (non-hydrogen) atoms. The van der Waals surface area contributed by atoms with E-state index in [4.69, 9.17) is 0 Å². The summed E-state index contributed by atoms with van der Waals surface area (Å²) in [6, 6.07) is 0. The predicted octanol–water partition coefficient (Wildman–Crippen LogP) is 3.44. The summed E-state index contributed by atoms with van der Waals surface area (Å²) in [7, 11) is 0. The molecule has 2 aliphatic carbocycles. The molecule has 0 aromatic heterocycles. The minimum atomic E-state index is -0.791. The van der Waals surface area contributed by atoms with E-state index in [0.717, 1.165) is 18.4 Å². The molecule has 132 valence electrons. The van der Waals surface area contributed by atoms with Gasteiger partial charge in [0.25, 0.3) is 0 Å². The van der Waals surface area contributed by atoms with E-state index < -0.39 is 17.8 Å². The van der Waals surface area contributed by atoms with Crippen LogP contribution in [0.3, 0.4) is 0 Å². The van der Waals surface area contributed by atoms with Crippen LogP contribution in [0.25, 0.3) is 0 Å². The summed E-state index contributed by atoms with van der Waals surface area (Å²) in [5, 5.41) is 31.7. The number of fused-ring (bicyclic) bond motifs is 1. The van der Waals surface area contributed by atoms with Gasteiger partial charge in [0, 0.05) is 0 Å². The van der Waals surface area contributed by atoms with Crippen molar-refractivity contribution in [3.63, 3.8) is 0 Å². The van der Waals surface area contributed by atoms with Crippen molar-refractivity contribution in [2.75, 3.05) is 0 Å². The van der Waals surface area contributed by atoms with E-state index in [-0.39, 0.29) is 17.3 Å². The molecule has 0 aromatic carbocycles. The van der Waals surface area contributed by atoms with Crippen LogP contribution in [-0.2, 0) is 0 Å². The number of aliphatic hydroxyl groups is 3. The molecule has 2 unspecified atom stereocenters. The van der Waals surface area contributed by atoms with E-state index in [1.165, 1.54) is 0 Å². The third-order valence-electron chi connectivity index (χ3n) is 5.94. The predicted molar refractivity (Wildman–Crippen MR) is 93.9 cm³/mol. The van der Waals surface area contributed by atoms with Crippen LogP contribution < -0.4 is 0 Å². The van der Waals surface area contributed by atoms with Crippen molar-refractivity contribution in [2.24, 2.45) is 23.2 Å². The lowest BCUT2D eigenvalue weighted by Gasteiger charge is -2.40. The highest BCUT2D eigenvalue weighted by Gasteiger charge is 2.51. The van der Waals surface area contributed by atoms with E-state index >= 15 is 0 Å². The topological polar surface area (TPSA) is 60.7 Å². The van der Waals surface area contributed by atoms with Gasteiger partial charge in [0.15, 0.2) is 0 Å². The Hall–Kier alpha value is -0.640. The fourth-order valence-electron chi connectivity index (χ4n) is 4.73. The van der Waals surface area contributed by atoms with Crippen molar-refractivity contribution in [1.82, 2.24) is 0 Å². The molecular weight excluding hydrogens is 288 g/mol. The van der Waals surface area contributed by atoms with Gasteiger partial charge in [-0.05, 0) is 69.6 Å². The molecule has 3 N–H and O–H groups in total. The summed E-state index contributed by atoms with van der Waals surface area (Å²) in [6.45, 7) is 10.0. The van der Waals surface area contributed by atoms with Crippen molar-refractivity contribution in [3.8, 4) is 0 Å². The summed E-state index contributed by atoms with van der Waals surface area (Å²) < 4.78 is 0. The van der Waals surface area contributed by atoms with Crippen molar-refractivity contribution in [3.05, 3.63) is 23.8 Å². The zero-order chi connectivity index (χ0) is 17.4. The Kier molecular flexibility index (Phi) is 5.44. The van der Waals surface area contributed by atoms with Gasteiger partial charge < -0.3 is 15.3 Å². The summed E-state index contributed by atoms with van der Waals surface area (Å²) >= 11 is 0. The monoisotopic (exact) mass is 322 g/mol. The lowest BCUT2D eigenvalue weighted by molar-refractivity contribution is -0.0509. The van der Waals surface area contributed by atoms with Crippen LogP contribution >= 0.6 is 0 Å². The Labute approximate surface area is 141 Å². The molecule has 6 atom stereocenters. The summed E-state index contributed by atoms with van der Waals surface area (Å²) in [5.74, 6) is 0.411. The van der Waals surface area contributed by atoms with Gasteiger partial charge in [-0.1, -0.05) is 37.6 Å². The van der Waals surface area contributed by atoms with E-state index in [1.807, 2.05) is 26.8 Å². The lowest BCUT2D eigenvalue weighted by Crippen LogP contribution is -2.43. The van der Waals surface area contributed by atoms with E-state index in [9.17, 15) is 15.3 Å². The van der Waals surface area contributed by atoms with Gasteiger partial charge >= 0.3 is 0 Å². The van der Waals surface area contributed by atoms with Crippen LogP contribution in [0.2, 0.25) is 0 Å². The Morgan fingerprint density at radius 3 is 2.52 bits per heavy atom. The van der Waals surface area contributed by atoms with Crippen LogP contribution in [0.1, 0.15) is 60.3 Å². The third-order valence-corrected chi connectivity index (χ3v) is 5.94. The van der Waals surface area contributed by atoms with Crippen molar-refractivity contribution < 1.29 is 15.3 Å². The second-order valence-electron chi connectivity index (χ2n) is 8.75. The molecule has 0 saturated heterocycles. The second kappa shape index (κ2) is 6.70. The molecule has 0 bridgehead atoms. The number of allylic oxidation sites excluding steroid dienone is 2. The number of hydrogen-bond acceptors (Lipinski definition) is 3. The highest BCUT2D eigenvalue weighted by atomic mass is 16.3. The molecule has 3 heteroatoms. The molecule has 0 spiro atoms. The van der Waals surface area contributed by atoms with Gasteiger partial charge in [-0.25, -0.2) is 0 Å². The molecule has 1 saturated carbocycles. The first-order chi connectivity index (χ1) is 10.5. The minimum Gasteiger partial charge on any atom is -0.392 e. The summed E-state index contributed by atoms with van der Waals surface area (Å²) in [5.41, 5.74) is 0.136. The van der Waals surface area contributed by atoms with Crippen LogP contribution in [0.4, 0.5) is 0 Å². The van der Waals surface area contributed by atoms with Gasteiger partial charge in [0.05, 0.1) is 17.8 Å². The largest absolute Gasteiger partial charge is 0.392 e. The average molecular weight is 322 g/mol. The SMILES string of the molecule is C/C1=C\[C@H](O)C[C@@H](C)/C=C/[C@@]2(C)CCC(C(C)(C)O)C2[C@@H](O)C1. The van der Waals surface area contributed by atoms with Crippen molar-refractivity contribution in [2.45, 2.75) is 78.1 Å². The van der Waals surface area contributed by atoms with Gasteiger partial charge in [0.1, 0.15) is 0 Å². The highest BCUT2D eigenvalue weighted by molar-refractivity contribution is 5.15. The molecule has 1 fully saturated rings. The maximum Gasteiger partial charge on any atom is 0.0728 e. The van der Waals surface area contributed by atoms with Gasteiger partial charge in [0.2, 0.25) is 0 Å². The van der Waals surface area contributed by atoms with Gasteiger partial charge in [-0.15, -0.1) is 0 Å². The normalized spacial score (nSPS) is 46.4. The zero-order valence-electron chi connectivity index (χ0n) is 15.3. The van der Waals surface area contributed by atoms with Crippen LogP contribution in [0, 0.1) is 23.2 Å². The van der Waals surface area contributed by atoms with E-state index in [0.29, 0.717) is 18.8 Å². The lowest BCUT2D eigenvalue weighted by atomic mass is 9.68. The fraction of sp³-hybridized carbons (Fsp3) is 0.800. The molecule has 2 aliphatic rings. The van der Waals surface area contributed by atoms with Crippen LogP contribution in [-0.4, -0.2) is 33.1 Å². The number of hydrogen-bond donors (Lipinski definition) is 3. The van der Waals surface area contributed by atoms with Crippen LogP contribution in [0.5, 0.6) is 0 Å². The van der Waals surface area contributed by atoms with Gasteiger partial charge in [-0.2, -0.15) is 0 Å². The Bertz CT molecular complexity index is 474. The molecule has 0 aromatic rings. The number of rotatable bonds is 1. The molecule has 0 heterocycles. The Balaban J connectivity index is 2.41. The quantitative estimate of drug-likeness (QED) is 0.648. The maximum atomic E-state index is 10.9. The second-order valence-corrected chi connectivity index (χ2v) is 8.75. The zero-order valence-corrected chi connectivity index (χ0v) is 15.3. The molecule has 0 aliphatic heterocycles. The molecule has 3 nitrogen and oxygen atoms in total. The first-order valence-electron chi connectivity index (χ1n) is 8.98. The molecule has 2 rings (SSSR count). The molecule has 0 radical (unpaired) electrons. The van der Waals surface area contributed by atoms with Crippen LogP contribution in [0.15, 0.2) is 23.8 Å².